The van der Waals surface area contributed by atoms with Crippen LogP contribution >= 0.6 is 0 Å². The highest BCUT2D eigenvalue weighted by Gasteiger charge is 2.28. The quantitative estimate of drug-likeness (QED) is 0.230. The maximum atomic E-state index is 2.47. The van der Waals surface area contributed by atoms with Gasteiger partial charge in [0, 0.05) is 27.9 Å². The molecule has 0 aliphatic carbocycles. The molecule has 6 aromatic carbocycles. The number of benzene rings is 6. The van der Waals surface area contributed by atoms with Crippen molar-refractivity contribution >= 4 is 38.6 Å². The van der Waals surface area contributed by atoms with Crippen LogP contribution in [-0.4, -0.2) is 0 Å². The van der Waals surface area contributed by atoms with Crippen LogP contribution in [0.4, 0.5) is 17.1 Å². The molecule has 1 aliphatic rings. The molecular weight excluding hydrogens is 446 g/mol. The van der Waals surface area contributed by atoms with E-state index in [2.05, 4.69) is 140 Å². The van der Waals surface area contributed by atoms with Crippen molar-refractivity contribution in [2.45, 2.75) is 26.2 Å². The fourth-order valence-electron chi connectivity index (χ4n) is 6.07. The van der Waals surface area contributed by atoms with E-state index in [0.717, 1.165) is 6.42 Å². The molecule has 0 N–H and O–H groups in total. The summed E-state index contributed by atoms with van der Waals surface area (Å²) in [6.07, 6.45) is 1.13. The highest BCUT2D eigenvalue weighted by molar-refractivity contribution is 6.24. The predicted molar refractivity (Wildman–Crippen MR) is 159 cm³/mol. The van der Waals surface area contributed by atoms with Gasteiger partial charge in [0.1, 0.15) is 0 Å². The van der Waals surface area contributed by atoms with E-state index in [1.807, 2.05) is 0 Å². The van der Waals surface area contributed by atoms with Crippen molar-refractivity contribution in [2.75, 3.05) is 4.90 Å². The first-order valence-corrected chi connectivity index (χ1v) is 13.3. The zero-order chi connectivity index (χ0) is 24.9. The fraction of sp³-hybridized carbons (Fsp3) is 0.111. The summed E-state index contributed by atoms with van der Waals surface area (Å²) >= 11 is 0. The molecule has 1 aliphatic heterocycles. The van der Waals surface area contributed by atoms with Crippen LogP contribution in [-0.2, 0) is 0 Å². The smallest absolute Gasteiger partial charge is 0.0540 e. The summed E-state index contributed by atoms with van der Waals surface area (Å²) in [5.41, 5.74) is 10.2. The van der Waals surface area contributed by atoms with Gasteiger partial charge in [-0.1, -0.05) is 111 Å². The van der Waals surface area contributed by atoms with Gasteiger partial charge >= 0.3 is 0 Å². The first-order chi connectivity index (χ1) is 18.3. The Morgan fingerprint density at radius 1 is 0.541 bits per heavy atom. The Morgan fingerprint density at radius 3 is 1.57 bits per heavy atom. The van der Waals surface area contributed by atoms with Crippen LogP contribution < -0.4 is 4.90 Å². The molecule has 37 heavy (non-hydrogen) atoms. The van der Waals surface area contributed by atoms with E-state index >= 15 is 0 Å². The van der Waals surface area contributed by atoms with Gasteiger partial charge in [-0.15, -0.1) is 0 Å². The summed E-state index contributed by atoms with van der Waals surface area (Å²) in [6.45, 7) is 4.58. The molecule has 178 valence electrons. The molecule has 1 heterocycles. The number of hydrogen-bond acceptors (Lipinski definition) is 1. The fourth-order valence-corrected chi connectivity index (χ4v) is 6.07. The number of nitrogens with zero attached hydrogens (tertiary/aromatic N) is 1. The molecule has 0 bridgehead atoms. The molecule has 0 spiro atoms. The van der Waals surface area contributed by atoms with Gasteiger partial charge < -0.3 is 4.90 Å². The SMILES string of the molecule is CCC(C)c1cccc(N2c3ccccc3-c3c(c4ccccc4c4ccccc34)-c3ccccc32)c1. The molecule has 1 heteroatoms. The van der Waals surface area contributed by atoms with Crippen LogP contribution in [0.25, 0.3) is 43.8 Å². The molecule has 7 rings (SSSR count). The van der Waals surface area contributed by atoms with Crippen molar-refractivity contribution in [3.8, 4) is 22.3 Å². The standard InChI is InChI=1S/C36H29N/c1-3-24(2)25-13-12-14-26(23-25)37-33-21-10-8-19-31(33)35-29-17-6-4-15-27(29)28-16-5-7-18-30(28)36(35)32-20-9-11-22-34(32)37/h4-24H,3H2,1-2H3. The Labute approximate surface area is 218 Å². The number of anilines is 3. The highest BCUT2D eigenvalue weighted by atomic mass is 15.1. The van der Waals surface area contributed by atoms with Gasteiger partial charge in [-0.25, -0.2) is 0 Å². The molecule has 0 saturated heterocycles. The largest absolute Gasteiger partial charge is 0.309 e. The van der Waals surface area contributed by atoms with Crippen LogP contribution in [0.5, 0.6) is 0 Å². The summed E-state index contributed by atoms with van der Waals surface area (Å²) in [7, 11) is 0. The van der Waals surface area contributed by atoms with Crippen molar-refractivity contribution in [3.05, 3.63) is 127 Å². The molecule has 0 saturated carbocycles. The third-order valence-electron chi connectivity index (χ3n) is 8.07. The summed E-state index contributed by atoms with van der Waals surface area (Å²) in [5.74, 6) is 0.516. The third kappa shape index (κ3) is 3.31. The second-order valence-corrected chi connectivity index (χ2v) is 10.1. The third-order valence-corrected chi connectivity index (χ3v) is 8.07. The van der Waals surface area contributed by atoms with E-state index in [1.54, 1.807) is 0 Å². The van der Waals surface area contributed by atoms with Crippen LogP contribution in [0.3, 0.4) is 0 Å². The zero-order valence-corrected chi connectivity index (χ0v) is 21.3. The van der Waals surface area contributed by atoms with E-state index in [-0.39, 0.29) is 0 Å². The number of rotatable bonds is 3. The number of fused-ring (bicyclic) bond motifs is 10. The number of para-hydroxylation sites is 2. The molecule has 0 aromatic heterocycles. The normalized spacial score (nSPS) is 13.1. The van der Waals surface area contributed by atoms with Crippen molar-refractivity contribution in [1.29, 1.82) is 0 Å². The van der Waals surface area contributed by atoms with Crippen LogP contribution in [0.1, 0.15) is 31.7 Å². The molecule has 1 unspecified atom stereocenters. The lowest BCUT2D eigenvalue weighted by atomic mass is 9.85. The maximum Gasteiger partial charge on any atom is 0.0540 e. The summed E-state index contributed by atoms with van der Waals surface area (Å²) in [5, 5.41) is 5.20. The highest BCUT2D eigenvalue weighted by Crippen LogP contribution is 2.54. The molecule has 0 radical (unpaired) electrons. The van der Waals surface area contributed by atoms with Crippen LogP contribution in [0.15, 0.2) is 121 Å². The Kier molecular flexibility index (Phi) is 5.11. The summed E-state index contributed by atoms with van der Waals surface area (Å²) in [4.78, 5) is 2.47. The zero-order valence-electron chi connectivity index (χ0n) is 21.3. The Morgan fingerprint density at radius 2 is 1.03 bits per heavy atom. The van der Waals surface area contributed by atoms with E-state index in [4.69, 9.17) is 0 Å². The molecule has 6 aromatic rings. The van der Waals surface area contributed by atoms with Crippen molar-refractivity contribution < 1.29 is 0 Å². The Bertz CT molecular complexity index is 1690. The minimum Gasteiger partial charge on any atom is -0.309 e. The lowest BCUT2D eigenvalue weighted by molar-refractivity contribution is 0.733. The maximum absolute atomic E-state index is 2.47. The first-order valence-electron chi connectivity index (χ1n) is 13.3. The molecule has 1 atom stereocenters. The first kappa shape index (κ1) is 21.9. The van der Waals surface area contributed by atoms with Gasteiger partial charge in [0.2, 0.25) is 0 Å². The van der Waals surface area contributed by atoms with Gasteiger partial charge in [0.05, 0.1) is 11.4 Å². The average molecular weight is 476 g/mol. The van der Waals surface area contributed by atoms with E-state index in [1.165, 1.54) is 66.4 Å². The molecule has 0 amide bonds. The van der Waals surface area contributed by atoms with Gasteiger partial charge in [-0.2, -0.15) is 0 Å². The van der Waals surface area contributed by atoms with Crippen molar-refractivity contribution in [3.63, 3.8) is 0 Å². The summed E-state index contributed by atoms with van der Waals surface area (Å²) in [6, 6.07) is 44.7. The average Bonchev–Trinajstić information content (AvgIpc) is 3.10. The second kappa shape index (κ2) is 8.64. The molecule has 1 nitrogen and oxygen atoms in total. The lowest BCUT2D eigenvalue weighted by Gasteiger charge is -2.28. The Balaban J connectivity index is 1.66. The summed E-state index contributed by atoms with van der Waals surface area (Å²) < 4.78 is 0. The Hall–Kier alpha value is -4.36. The monoisotopic (exact) mass is 475 g/mol. The van der Waals surface area contributed by atoms with E-state index in [0.29, 0.717) is 5.92 Å². The van der Waals surface area contributed by atoms with Crippen LogP contribution in [0, 0.1) is 0 Å². The minimum absolute atomic E-state index is 0.516. The lowest BCUT2D eigenvalue weighted by Crippen LogP contribution is -2.11. The molecular formula is C36H29N. The number of hydrogen-bond donors (Lipinski definition) is 0. The topological polar surface area (TPSA) is 3.24 Å². The van der Waals surface area contributed by atoms with Crippen LogP contribution in [0.2, 0.25) is 0 Å². The van der Waals surface area contributed by atoms with Gasteiger partial charge in [-0.3, -0.25) is 0 Å². The van der Waals surface area contributed by atoms with E-state index < -0.39 is 0 Å². The van der Waals surface area contributed by atoms with E-state index in [9.17, 15) is 0 Å². The minimum atomic E-state index is 0.516. The molecule has 0 fully saturated rings. The van der Waals surface area contributed by atoms with Gasteiger partial charge in [0.25, 0.3) is 0 Å². The van der Waals surface area contributed by atoms with Crippen molar-refractivity contribution in [1.82, 2.24) is 0 Å². The van der Waals surface area contributed by atoms with Gasteiger partial charge in [0.15, 0.2) is 0 Å². The van der Waals surface area contributed by atoms with Crippen molar-refractivity contribution in [2.24, 2.45) is 0 Å². The predicted octanol–water partition coefficient (Wildman–Crippen LogP) is 10.6. The van der Waals surface area contributed by atoms with Gasteiger partial charge in [-0.05, 0) is 63.7 Å². The second-order valence-electron chi connectivity index (χ2n) is 10.1.